The number of carbonyl (C=O) groups excluding carboxylic acids is 1. The van der Waals surface area contributed by atoms with Gasteiger partial charge in [0.15, 0.2) is 11.6 Å². The van der Waals surface area contributed by atoms with Crippen molar-refractivity contribution >= 4 is 43.2 Å². The van der Waals surface area contributed by atoms with E-state index >= 15 is 0 Å². The zero-order valence-corrected chi connectivity index (χ0v) is 20.6. The molecular formula is C24H27N6O4P. The molecule has 11 heteroatoms. The van der Waals surface area contributed by atoms with Crippen molar-refractivity contribution in [2.24, 2.45) is 7.05 Å². The van der Waals surface area contributed by atoms with Crippen LogP contribution in [0.3, 0.4) is 0 Å². The van der Waals surface area contributed by atoms with Gasteiger partial charge in [0.1, 0.15) is 12.7 Å². The van der Waals surface area contributed by atoms with Gasteiger partial charge >= 0.3 is 6.09 Å². The topological polar surface area (TPSA) is 111 Å². The summed E-state index contributed by atoms with van der Waals surface area (Å²) in [4.78, 5) is 34.7. The molecule has 1 unspecified atom stereocenters. The smallest absolute Gasteiger partial charge is 0.415 e. The van der Waals surface area contributed by atoms with E-state index in [9.17, 15) is 9.59 Å². The Balaban J connectivity index is 1.15. The number of ether oxygens (including phenoxy) is 2. The fourth-order valence-electron chi connectivity index (χ4n) is 4.35. The van der Waals surface area contributed by atoms with Crippen molar-refractivity contribution in [3.8, 4) is 5.88 Å². The highest BCUT2D eigenvalue weighted by molar-refractivity contribution is 7.27. The number of rotatable bonds is 7. The Morgan fingerprint density at radius 2 is 2.09 bits per heavy atom. The van der Waals surface area contributed by atoms with Crippen molar-refractivity contribution in [2.75, 3.05) is 36.5 Å². The first kappa shape index (κ1) is 23.3. The van der Waals surface area contributed by atoms with E-state index < -0.39 is 6.09 Å². The third kappa shape index (κ3) is 4.72. The van der Waals surface area contributed by atoms with Crippen LogP contribution in [0.1, 0.15) is 12.0 Å². The maximum atomic E-state index is 12.4. The second-order valence-corrected chi connectivity index (χ2v) is 9.23. The molecule has 2 atom stereocenters. The Hall–Kier alpha value is -3.49. The number of carbonyl (C=O) groups is 1. The monoisotopic (exact) mass is 494 g/mol. The predicted octanol–water partition coefficient (Wildman–Crippen LogP) is 1.69. The molecule has 3 aromatic rings. The molecule has 1 fully saturated rings. The average Bonchev–Trinajstić information content (AvgIpc) is 3.22. The molecule has 1 aromatic carbocycles. The molecule has 2 aromatic heterocycles. The van der Waals surface area contributed by atoms with Gasteiger partial charge in [-0.3, -0.25) is 9.69 Å². The summed E-state index contributed by atoms with van der Waals surface area (Å²) in [5.41, 5.74) is 2.75. The number of aromatic nitrogens is 3. The van der Waals surface area contributed by atoms with E-state index in [1.807, 2.05) is 12.1 Å². The molecule has 1 amide bonds. The summed E-state index contributed by atoms with van der Waals surface area (Å²) < 4.78 is 12.7. The lowest BCUT2D eigenvalue weighted by Crippen LogP contribution is -2.28. The summed E-state index contributed by atoms with van der Waals surface area (Å²) >= 11 is 0. The normalized spacial score (nSPS) is 17.2. The molecule has 2 aliphatic rings. The first-order chi connectivity index (χ1) is 16.9. The molecule has 35 heavy (non-hydrogen) atoms. The van der Waals surface area contributed by atoms with Gasteiger partial charge in [-0.15, -0.1) is 9.24 Å². The largest absolute Gasteiger partial charge is 0.469 e. The van der Waals surface area contributed by atoms with Crippen LogP contribution in [0.5, 0.6) is 5.88 Å². The second kappa shape index (κ2) is 9.64. The standard InChI is InChI=1S/C24H27N6O4P/c1-14-13-33-23-22(27-14)28-19(11-26-23)30-12-16(34-24(30)32)7-9-25-10-8-17-18(35)5-3-15-4-6-20(31)29(2)21(15)17/h3-6,11,16,25H,1,7-10,12-13,35H2,2H3,(H,27,28)/t16-/m0/s1. The molecule has 0 spiro atoms. The number of hydrogen-bond acceptors (Lipinski definition) is 8. The van der Waals surface area contributed by atoms with Gasteiger partial charge in [0.25, 0.3) is 11.4 Å². The minimum atomic E-state index is -0.441. The molecule has 0 saturated carbocycles. The van der Waals surface area contributed by atoms with Gasteiger partial charge < -0.3 is 24.7 Å². The highest BCUT2D eigenvalue weighted by Crippen LogP contribution is 2.29. The lowest BCUT2D eigenvalue weighted by Gasteiger charge is -2.20. The Bertz CT molecular complexity index is 1370. The van der Waals surface area contributed by atoms with E-state index in [1.165, 1.54) is 11.1 Å². The number of fused-ring (bicyclic) bond motifs is 2. The van der Waals surface area contributed by atoms with E-state index in [-0.39, 0.29) is 11.7 Å². The minimum absolute atomic E-state index is 0.0215. The van der Waals surface area contributed by atoms with E-state index in [0.717, 1.165) is 34.7 Å². The van der Waals surface area contributed by atoms with Gasteiger partial charge in [0.05, 0.1) is 18.3 Å². The Labute approximate surface area is 204 Å². The van der Waals surface area contributed by atoms with E-state index in [2.05, 4.69) is 42.5 Å². The van der Waals surface area contributed by atoms with Crippen LogP contribution in [0, 0.1) is 0 Å². The van der Waals surface area contributed by atoms with Gasteiger partial charge in [0, 0.05) is 18.8 Å². The molecule has 5 rings (SSSR count). The van der Waals surface area contributed by atoms with Gasteiger partial charge in [-0.2, -0.15) is 0 Å². The highest BCUT2D eigenvalue weighted by Gasteiger charge is 2.33. The molecule has 2 N–H and O–H groups in total. The summed E-state index contributed by atoms with van der Waals surface area (Å²) in [6, 6.07) is 7.54. The molecule has 0 radical (unpaired) electrons. The molecule has 10 nitrogen and oxygen atoms in total. The Kier molecular flexibility index (Phi) is 6.40. The zero-order valence-electron chi connectivity index (χ0n) is 19.4. The summed E-state index contributed by atoms with van der Waals surface area (Å²) in [5.74, 6) is 1.23. The number of aryl methyl sites for hydroxylation is 1. The van der Waals surface area contributed by atoms with Crippen molar-refractivity contribution in [3.63, 3.8) is 0 Å². The predicted molar refractivity (Wildman–Crippen MR) is 138 cm³/mol. The lowest BCUT2D eigenvalue weighted by molar-refractivity contribution is 0.136. The first-order valence-electron chi connectivity index (χ1n) is 11.4. The van der Waals surface area contributed by atoms with Crippen LogP contribution in [0.25, 0.3) is 10.9 Å². The van der Waals surface area contributed by atoms with Crippen LogP contribution in [-0.2, 0) is 18.2 Å². The van der Waals surface area contributed by atoms with Crippen molar-refractivity contribution in [2.45, 2.75) is 18.9 Å². The summed E-state index contributed by atoms with van der Waals surface area (Å²) in [6.07, 6.45) is 2.26. The fraction of sp³-hybridized carbons (Fsp3) is 0.333. The van der Waals surface area contributed by atoms with Crippen molar-refractivity contribution in [3.05, 3.63) is 58.7 Å². The van der Waals surface area contributed by atoms with Crippen molar-refractivity contribution in [1.29, 1.82) is 0 Å². The Morgan fingerprint density at radius 3 is 2.94 bits per heavy atom. The molecule has 1 saturated heterocycles. The number of cyclic esters (lactones) is 1. The fourth-order valence-corrected chi connectivity index (χ4v) is 4.73. The van der Waals surface area contributed by atoms with Crippen LogP contribution in [0.2, 0.25) is 0 Å². The molecule has 182 valence electrons. The second-order valence-electron chi connectivity index (χ2n) is 8.61. The lowest BCUT2D eigenvalue weighted by atomic mass is 10.1. The number of benzene rings is 1. The van der Waals surface area contributed by atoms with Crippen LogP contribution in [-0.4, -0.2) is 53.0 Å². The molecule has 0 bridgehead atoms. The maximum absolute atomic E-state index is 12.4. The van der Waals surface area contributed by atoms with Gasteiger partial charge in [0.2, 0.25) is 0 Å². The molecule has 4 heterocycles. The number of hydrogen-bond donors (Lipinski definition) is 2. The van der Waals surface area contributed by atoms with Crippen LogP contribution >= 0.6 is 9.24 Å². The maximum Gasteiger partial charge on any atom is 0.415 e. The molecule has 2 aliphatic heterocycles. The van der Waals surface area contributed by atoms with Gasteiger partial charge in [-0.1, -0.05) is 18.7 Å². The molecule has 0 aliphatic carbocycles. The highest BCUT2D eigenvalue weighted by atomic mass is 31.0. The average molecular weight is 494 g/mol. The van der Waals surface area contributed by atoms with Gasteiger partial charge in [-0.05, 0) is 48.3 Å². The number of nitrogens with one attached hydrogen (secondary N) is 2. The van der Waals surface area contributed by atoms with E-state index in [4.69, 9.17) is 9.47 Å². The first-order valence-corrected chi connectivity index (χ1v) is 12.0. The van der Waals surface area contributed by atoms with Crippen molar-refractivity contribution in [1.82, 2.24) is 19.9 Å². The Morgan fingerprint density at radius 1 is 1.26 bits per heavy atom. The van der Waals surface area contributed by atoms with E-state index in [1.54, 1.807) is 17.7 Å². The third-order valence-electron chi connectivity index (χ3n) is 6.17. The number of amides is 1. The van der Waals surface area contributed by atoms with Crippen LogP contribution < -0.4 is 31.1 Å². The zero-order chi connectivity index (χ0) is 24.5. The number of nitrogens with zero attached hydrogens (tertiary/aromatic N) is 4. The number of pyridine rings is 1. The van der Waals surface area contributed by atoms with Crippen LogP contribution in [0.4, 0.5) is 16.4 Å². The van der Waals surface area contributed by atoms with E-state index in [0.29, 0.717) is 49.3 Å². The van der Waals surface area contributed by atoms with Gasteiger partial charge in [-0.25, -0.2) is 14.8 Å². The quantitative estimate of drug-likeness (QED) is 0.377. The minimum Gasteiger partial charge on any atom is -0.469 e. The summed E-state index contributed by atoms with van der Waals surface area (Å²) in [5, 5.41) is 8.59. The number of anilines is 2. The summed E-state index contributed by atoms with van der Waals surface area (Å²) in [7, 11) is 4.57. The van der Waals surface area contributed by atoms with Crippen molar-refractivity contribution < 1.29 is 14.3 Å². The summed E-state index contributed by atoms with van der Waals surface area (Å²) in [6.45, 7) is 5.99. The molecular weight excluding hydrogens is 467 g/mol. The van der Waals surface area contributed by atoms with Crippen LogP contribution in [0.15, 0.2) is 47.5 Å². The third-order valence-corrected chi connectivity index (χ3v) is 6.71. The SMILES string of the molecule is C=C1COc2ncc(N3C[C@H](CCNCCc4c(P)ccc5ccc(=O)n(C)c45)OC3=O)nc2N1.